The van der Waals surface area contributed by atoms with Crippen molar-refractivity contribution in [2.75, 3.05) is 32.0 Å². The number of halogens is 1. The highest BCUT2D eigenvalue weighted by atomic mass is 35.5. The van der Waals surface area contributed by atoms with Crippen LogP contribution in [-0.2, 0) is 4.79 Å². The molecule has 1 amide bonds. The lowest BCUT2D eigenvalue weighted by Gasteiger charge is -2.38. The highest BCUT2D eigenvalue weighted by molar-refractivity contribution is 6.30. The van der Waals surface area contributed by atoms with Gasteiger partial charge in [0, 0.05) is 43.8 Å². The van der Waals surface area contributed by atoms with Gasteiger partial charge in [0.2, 0.25) is 5.91 Å². The highest BCUT2D eigenvalue weighted by Gasteiger charge is 2.43. The van der Waals surface area contributed by atoms with Crippen LogP contribution in [0, 0.1) is 5.41 Å². The van der Waals surface area contributed by atoms with Gasteiger partial charge in [0.15, 0.2) is 5.96 Å². The number of hydrogen-bond donors (Lipinski definition) is 2. The Morgan fingerprint density at radius 3 is 2.64 bits per heavy atom. The molecule has 25 heavy (non-hydrogen) atoms. The number of carbonyl (C=O) groups excluding carboxylic acids is 1. The molecule has 1 saturated heterocycles. The predicted octanol–water partition coefficient (Wildman–Crippen LogP) is 3.51. The first-order valence-electron chi connectivity index (χ1n) is 9.11. The molecule has 5 nitrogen and oxygen atoms in total. The second kappa shape index (κ2) is 8.09. The smallest absolute Gasteiger partial charge is 0.224 e. The molecule has 0 radical (unpaired) electrons. The number of likely N-dealkylation sites (tertiary alicyclic amines) is 1. The molecule has 2 N–H and O–H groups in total. The van der Waals surface area contributed by atoms with Crippen molar-refractivity contribution in [2.45, 2.75) is 38.5 Å². The van der Waals surface area contributed by atoms with Crippen molar-refractivity contribution < 1.29 is 4.79 Å². The lowest BCUT2D eigenvalue weighted by Crippen LogP contribution is -2.42. The van der Waals surface area contributed by atoms with E-state index >= 15 is 0 Å². The van der Waals surface area contributed by atoms with Crippen LogP contribution in [0.5, 0.6) is 0 Å². The fraction of sp³-hybridized carbons (Fsp3) is 0.579. The van der Waals surface area contributed by atoms with E-state index in [2.05, 4.69) is 20.5 Å². The summed E-state index contributed by atoms with van der Waals surface area (Å²) in [5.74, 6) is 0.996. The summed E-state index contributed by atoms with van der Waals surface area (Å²) < 4.78 is 0. The van der Waals surface area contributed by atoms with E-state index in [1.54, 1.807) is 12.1 Å². The zero-order valence-electron chi connectivity index (χ0n) is 14.9. The van der Waals surface area contributed by atoms with E-state index in [1.165, 1.54) is 25.7 Å². The van der Waals surface area contributed by atoms with E-state index in [4.69, 9.17) is 11.6 Å². The predicted molar refractivity (Wildman–Crippen MR) is 103 cm³/mol. The standard InChI is InChI=1S/C19H27ClN4O/c1-21-18(24-13-11-19(14-24)9-3-10-19)22-12-2-4-17(25)23-16-7-5-15(20)6-8-16/h5-8H,2-4,9-14H2,1H3,(H,21,22)(H,23,25). The Balaban J connectivity index is 1.35. The summed E-state index contributed by atoms with van der Waals surface area (Å²) in [6.45, 7) is 2.98. The summed E-state index contributed by atoms with van der Waals surface area (Å²) in [5, 5.41) is 6.95. The molecule has 1 aliphatic carbocycles. The van der Waals surface area contributed by atoms with Crippen LogP contribution in [0.2, 0.25) is 5.02 Å². The minimum absolute atomic E-state index is 0.0219. The number of nitrogens with zero attached hydrogens (tertiary/aromatic N) is 2. The van der Waals surface area contributed by atoms with Gasteiger partial charge in [-0.2, -0.15) is 0 Å². The highest BCUT2D eigenvalue weighted by Crippen LogP contribution is 2.47. The third-order valence-electron chi connectivity index (χ3n) is 5.36. The van der Waals surface area contributed by atoms with E-state index in [0.717, 1.165) is 37.7 Å². The van der Waals surface area contributed by atoms with E-state index in [9.17, 15) is 4.79 Å². The molecule has 0 aromatic heterocycles. The SMILES string of the molecule is CN=C(NCCCC(=O)Nc1ccc(Cl)cc1)N1CCC2(CCC2)C1. The summed E-state index contributed by atoms with van der Waals surface area (Å²) in [6.07, 6.45) is 6.66. The first kappa shape index (κ1) is 18.1. The number of hydrogen-bond acceptors (Lipinski definition) is 2. The van der Waals surface area contributed by atoms with Crippen molar-refractivity contribution in [3.63, 3.8) is 0 Å². The third kappa shape index (κ3) is 4.66. The van der Waals surface area contributed by atoms with Crippen LogP contribution in [0.25, 0.3) is 0 Å². The van der Waals surface area contributed by atoms with Crippen LogP contribution in [0.1, 0.15) is 38.5 Å². The Labute approximate surface area is 154 Å². The van der Waals surface area contributed by atoms with Gasteiger partial charge in [-0.05, 0) is 55.4 Å². The van der Waals surface area contributed by atoms with Crippen LogP contribution in [0.15, 0.2) is 29.3 Å². The minimum atomic E-state index is 0.0219. The molecule has 1 spiro atoms. The molecule has 0 atom stereocenters. The van der Waals surface area contributed by atoms with Crippen LogP contribution in [-0.4, -0.2) is 43.4 Å². The second-order valence-corrected chi connectivity index (χ2v) is 7.59. The Morgan fingerprint density at radius 2 is 2.04 bits per heavy atom. The molecule has 1 aromatic carbocycles. The summed E-state index contributed by atoms with van der Waals surface area (Å²) in [7, 11) is 1.83. The molecule has 0 unspecified atom stereocenters. The monoisotopic (exact) mass is 362 g/mol. The number of aliphatic imine (C=N–C) groups is 1. The lowest BCUT2D eigenvalue weighted by molar-refractivity contribution is -0.116. The molecule has 1 heterocycles. The number of guanidine groups is 1. The molecule has 1 aromatic rings. The van der Waals surface area contributed by atoms with Crippen LogP contribution in [0.3, 0.4) is 0 Å². The van der Waals surface area contributed by atoms with Gasteiger partial charge in [-0.25, -0.2) is 0 Å². The van der Waals surface area contributed by atoms with E-state index in [1.807, 2.05) is 19.2 Å². The second-order valence-electron chi connectivity index (χ2n) is 7.16. The van der Waals surface area contributed by atoms with Gasteiger partial charge in [0.05, 0.1) is 0 Å². The summed E-state index contributed by atoms with van der Waals surface area (Å²) in [4.78, 5) is 18.8. The van der Waals surface area contributed by atoms with Gasteiger partial charge in [0.1, 0.15) is 0 Å². The average Bonchev–Trinajstić information content (AvgIpc) is 3.03. The maximum absolute atomic E-state index is 12.0. The summed E-state index contributed by atoms with van der Waals surface area (Å²) in [5.41, 5.74) is 1.34. The molecule has 0 bridgehead atoms. The van der Waals surface area contributed by atoms with Crippen molar-refractivity contribution in [2.24, 2.45) is 10.4 Å². The van der Waals surface area contributed by atoms with Gasteiger partial charge in [0.25, 0.3) is 0 Å². The normalized spacial score (nSPS) is 19.0. The van der Waals surface area contributed by atoms with Crippen molar-refractivity contribution in [1.29, 1.82) is 0 Å². The Bertz CT molecular complexity index is 625. The number of rotatable bonds is 5. The Kier molecular flexibility index (Phi) is 5.84. The fourth-order valence-electron chi connectivity index (χ4n) is 3.74. The Hall–Kier alpha value is -1.75. The number of benzene rings is 1. The van der Waals surface area contributed by atoms with Crippen LogP contribution >= 0.6 is 11.6 Å². The number of nitrogens with one attached hydrogen (secondary N) is 2. The number of carbonyl (C=O) groups is 1. The van der Waals surface area contributed by atoms with Crippen molar-refractivity contribution >= 4 is 29.2 Å². The maximum Gasteiger partial charge on any atom is 0.224 e. The van der Waals surface area contributed by atoms with Gasteiger partial charge in [-0.3, -0.25) is 9.79 Å². The van der Waals surface area contributed by atoms with Gasteiger partial charge >= 0.3 is 0 Å². The quantitative estimate of drug-likeness (QED) is 0.478. The number of anilines is 1. The van der Waals surface area contributed by atoms with Crippen molar-refractivity contribution in [3.05, 3.63) is 29.3 Å². The van der Waals surface area contributed by atoms with Crippen molar-refractivity contribution in [3.8, 4) is 0 Å². The summed E-state index contributed by atoms with van der Waals surface area (Å²) >= 11 is 5.84. The summed E-state index contributed by atoms with van der Waals surface area (Å²) in [6, 6.07) is 7.16. The van der Waals surface area contributed by atoms with Gasteiger partial charge < -0.3 is 15.5 Å². The molecular formula is C19H27ClN4O. The van der Waals surface area contributed by atoms with Gasteiger partial charge in [-0.15, -0.1) is 0 Å². The molecule has 3 rings (SSSR count). The molecule has 1 saturated carbocycles. The topological polar surface area (TPSA) is 56.7 Å². The third-order valence-corrected chi connectivity index (χ3v) is 5.61. The zero-order valence-corrected chi connectivity index (χ0v) is 15.6. The van der Waals surface area contributed by atoms with E-state index < -0.39 is 0 Å². The molecule has 2 fully saturated rings. The molecular weight excluding hydrogens is 336 g/mol. The fourth-order valence-corrected chi connectivity index (χ4v) is 3.86. The zero-order chi connectivity index (χ0) is 17.7. The van der Waals surface area contributed by atoms with Crippen LogP contribution < -0.4 is 10.6 Å². The first-order valence-corrected chi connectivity index (χ1v) is 9.49. The molecule has 1 aliphatic heterocycles. The van der Waals surface area contributed by atoms with Crippen molar-refractivity contribution in [1.82, 2.24) is 10.2 Å². The maximum atomic E-state index is 12.0. The molecule has 136 valence electrons. The van der Waals surface area contributed by atoms with E-state index in [0.29, 0.717) is 16.9 Å². The average molecular weight is 363 g/mol. The molecule has 2 aliphatic rings. The Morgan fingerprint density at radius 1 is 1.28 bits per heavy atom. The largest absolute Gasteiger partial charge is 0.356 e. The first-order chi connectivity index (χ1) is 12.1. The number of amides is 1. The minimum Gasteiger partial charge on any atom is -0.356 e. The van der Waals surface area contributed by atoms with Gasteiger partial charge in [-0.1, -0.05) is 18.0 Å². The molecule has 6 heteroatoms. The van der Waals surface area contributed by atoms with E-state index in [-0.39, 0.29) is 5.91 Å². The van der Waals surface area contributed by atoms with Crippen LogP contribution in [0.4, 0.5) is 5.69 Å². The lowest BCUT2D eigenvalue weighted by atomic mass is 9.68.